The Morgan fingerprint density at radius 1 is 1.40 bits per heavy atom. The molecule has 0 saturated heterocycles. The van der Waals surface area contributed by atoms with Crippen LogP contribution in [0.15, 0.2) is 18.5 Å². The van der Waals surface area contributed by atoms with Gasteiger partial charge < -0.3 is 16.0 Å². The van der Waals surface area contributed by atoms with E-state index in [9.17, 15) is 4.79 Å². The van der Waals surface area contributed by atoms with Crippen molar-refractivity contribution in [1.29, 1.82) is 0 Å². The number of aromatic nitrogens is 1. The van der Waals surface area contributed by atoms with Crippen molar-refractivity contribution < 1.29 is 4.79 Å². The molecule has 1 amide bonds. The first-order chi connectivity index (χ1) is 7.33. The fraction of sp³-hybridized carbons (Fsp3) is 0.545. The van der Waals surface area contributed by atoms with Crippen LogP contribution >= 0.6 is 0 Å². The van der Waals surface area contributed by atoms with Crippen LogP contribution < -0.4 is 11.1 Å². The van der Waals surface area contributed by atoms with Gasteiger partial charge in [0, 0.05) is 25.4 Å². The fourth-order valence-electron chi connectivity index (χ4n) is 1.36. The summed E-state index contributed by atoms with van der Waals surface area (Å²) in [6.45, 7) is 1.32. The van der Waals surface area contributed by atoms with Gasteiger partial charge in [-0.1, -0.05) is 6.42 Å². The predicted molar refractivity (Wildman–Crippen MR) is 60.2 cm³/mol. The van der Waals surface area contributed by atoms with Crippen LogP contribution in [-0.2, 0) is 11.3 Å². The van der Waals surface area contributed by atoms with Gasteiger partial charge in [0.2, 0.25) is 5.91 Å². The number of carbonyl (C=O) groups is 1. The quantitative estimate of drug-likeness (QED) is 0.589. The SMILES string of the molecule is NCCCCCC(=O)NCc1cc[nH]c1. The van der Waals surface area contributed by atoms with Gasteiger partial charge in [-0.05, 0) is 31.0 Å². The summed E-state index contributed by atoms with van der Waals surface area (Å²) in [6, 6.07) is 1.95. The van der Waals surface area contributed by atoms with Crippen molar-refractivity contribution in [3.63, 3.8) is 0 Å². The minimum Gasteiger partial charge on any atom is -0.367 e. The minimum absolute atomic E-state index is 0.119. The molecule has 1 aromatic rings. The highest BCUT2D eigenvalue weighted by molar-refractivity contribution is 5.75. The number of unbranched alkanes of at least 4 members (excludes halogenated alkanes) is 2. The Morgan fingerprint density at radius 3 is 2.93 bits per heavy atom. The van der Waals surface area contributed by atoms with E-state index in [1.807, 2.05) is 18.5 Å². The molecule has 0 unspecified atom stereocenters. The molecule has 0 spiro atoms. The van der Waals surface area contributed by atoms with Crippen LogP contribution in [0.5, 0.6) is 0 Å². The molecule has 0 aliphatic heterocycles. The minimum atomic E-state index is 0.119. The van der Waals surface area contributed by atoms with Gasteiger partial charge in [0.15, 0.2) is 0 Å². The normalized spacial score (nSPS) is 10.2. The van der Waals surface area contributed by atoms with Crippen LogP contribution in [0.2, 0.25) is 0 Å². The van der Waals surface area contributed by atoms with Crippen LogP contribution in [0.25, 0.3) is 0 Å². The molecule has 1 aromatic heterocycles. The van der Waals surface area contributed by atoms with Crippen molar-refractivity contribution in [1.82, 2.24) is 10.3 Å². The first kappa shape index (κ1) is 11.8. The second-order valence-corrected chi connectivity index (χ2v) is 3.60. The lowest BCUT2D eigenvalue weighted by Crippen LogP contribution is -2.22. The van der Waals surface area contributed by atoms with Crippen LogP contribution in [0, 0.1) is 0 Å². The van der Waals surface area contributed by atoms with E-state index in [2.05, 4.69) is 10.3 Å². The molecule has 0 saturated carbocycles. The number of H-pyrrole nitrogens is 1. The Labute approximate surface area is 90.2 Å². The molecule has 1 heterocycles. The van der Waals surface area contributed by atoms with Crippen LogP contribution in [0.3, 0.4) is 0 Å². The summed E-state index contributed by atoms with van der Waals surface area (Å²) in [7, 11) is 0. The monoisotopic (exact) mass is 209 g/mol. The van der Waals surface area contributed by atoms with Crippen LogP contribution in [0.4, 0.5) is 0 Å². The number of amides is 1. The maximum atomic E-state index is 11.3. The Morgan fingerprint density at radius 2 is 2.27 bits per heavy atom. The molecule has 15 heavy (non-hydrogen) atoms. The maximum absolute atomic E-state index is 11.3. The van der Waals surface area contributed by atoms with Gasteiger partial charge in [0.25, 0.3) is 0 Å². The largest absolute Gasteiger partial charge is 0.367 e. The summed E-state index contributed by atoms with van der Waals surface area (Å²) in [5.41, 5.74) is 6.47. The molecule has 0 radical (unpaired) electrons. The van der Waals surface area contributed by atoms with E-state index in [1.54, 1.807) is 0 Å². The molecular formula is C11H19N3O. The molecule has 4 heteroatoms. The lowest BCUT2D eigenvalue weighted by molar-refractivity contribution is -0.121. The van der Waals surface area contributed by atoms with Crippen molar-refractivity contribution in [2.75, 3.05) is 6.54 Å². The highest BCUT2D eigenvalue weighted by Crippen LogP contribution is 2.00. The summed E-state index contributed by atoms with van der Waals surface area (Å²) >= 11 is 0. The second kappa shape index (κ2) is 7.06. The number of hydrogen-bond acceptors (Lipinski definition) is 2. The van der Waals surface area contributed by atoms with Gasteiger partial charge in [0.1, 0.15) is 0 Å². The number of hydrogen-bond donors (Lipinski definition) is 3. The van der Waals surface area contributed by atoms with E-state index in [0.29, 0.717) is 19.5 Å². The van der Waals surface area contributed by atoms with Crippen molar-refractivity contribution in [3.05, 3.63) is 24.0 Å². The molecule has 4 nitrogen and oxygen atoms in total. The molecular weight excluding hydrogens is 190 g/mol. The third kappa shape index (κ3) is 5.22. The summed E-state index contributed by atoms with van der Waals surface area (Å²) in [4.78, 5) is 14.3. The Hall–Kier alpha value is -1.29. The van der Waals surface area contributed by atoms with E-state index in [1.165, 1.54) is 0 Å². The molecule has 0 bridgehead atoms. The number of aromatic amines is 1. The summed E-state index contributed by atoms with van der Waals surface area (Å²) in [5.74, 6) is 0.119. The Kier molecular flexibility index (Phi) is 5.55. The van der Waals surface area contributed by atoms with Crippen LogP contribution in [0.1, 0.15) is 31.2 Å². The third-order valence-corrected chi connectivity index (χ3v) is 2.26. The number of carbonyl (C=O) groups excluding carboxylic acids is 1. The molecule has 4 N–H and O–H groups in total. The van der Waals surface area contributed by atoms with E-state index < -0.39 is 0 Å². The zero-order chi connectivity index (χ0) is 10.9. The summed E-state index contributed by atoms with van der Waals surface area (Å²) in [5, 5.41) is 2.87. The van der Waals surface area contributed by atoms with Crippen molar-refractivity contribution in [3.8, 4) is 0 Å². The van der Waals surface area contributed by atoms with Gasteiger partial charge in [-0.25, -0.2) is 0 Å². The van der Waals surface area contributed by atoms with E-state index >= 15 is 0 Å². The zero-order valence-corrected chi connectivity index (χ0v) is 8.96. The number of rotatable bonds is 7. The first-order valence-electron chi connectivity index (χ1n) is 5.41. The first-order valence-corrected chi connectivity index (χ1v) is 5.41. The van der Waals surface area contributed by atoms with Crippen molar-refractivity contribution >= 4 is 5.91 Å². The lowest BCUT2D eigenvalue weighted by Gasteiger charge is -2.03. The molecule has 0 aliphatic carbocycles. The summed E-state index contributed by atoms with van der Waals surface area (Å²) in [6.07, 6.45) is 7.30. The smallest absolute Gasteiger partial charge is 0.220 e. The fourth-order valence-corrected chi connectivity index (χ4v) is 1.36. The second-order valence-electron chi connectivity index (χ2n) is 3.60. The Bertz CT molecular complexity index is 269. The molecule has 0 aromatic carbocycles. The summed E-state index contributed by atoms with van der Waals surface area (Å²) < 4.78 is 0. The van der Waals surface area contributed by atoms with Crippen molar-refractivity contribution in [2.45, 2.75) is 32.2 Å². The van der Waals surface area contributed by atoms with Gasteiger partial charge in [-0.2, -0.15) is 0 Å². The van der Waals surface area contributed by atoms with Crippen molar-refractivity contribution in [2.24, 2.45) is 5.73 Å². The number of nitrogens with one attached hydrogen (secondary N) is 2. The van der Waals surface area contributed by atoms with Crippen LogP contribution in [-0.4, -0.2) is 17.4 Å². The number of nitrogens with two attached hydrogens (primary N) is 1. The van der Waals surface area contributed by atoms with Gasteiger partial charge in [-0.3, -0.25) is 4.79 Å². The van der Waals surface area contributed by atoms with Gasteiger partial charge in [0.05, 0.1) is 0 Å². The van der Waals surface area contributed by atoms with E-state index in [0.717, 1.165) is 24.8 Å². The molecule has 84 valence electrons. The lowest BCUT2D eigenvalue weighted by atomic mass is 10.2. The topological polar surface area (TPSA) is 70.9 Å². The van der Waals surface area contributed by atoms with E-state index in [4.69, 9.17) is 5.73 Å². The predicted octanol–water partition coefficient (Wildman–Crippen LogP) is 1.15. The molecule has 0 aliphatic rings. The van der Waals surface area contributed by atoms with Gasteiger partial charge in [-0.15, -0.1) is 0 Å². The third-order valence-electron chi connectivity index (χ3n) is 2.26. The van der Waals surface area contributed by atoms with E-state index in [-0.39, 0.29) is 5.91 Å². The molecule has 1 rings (SSSR count). The zero-order valence-electron chi connectivity index (χ0n) is 8.96. The maximum Gasteiger partial charge on any atom is 0.220 e. The van der Waals surface area contributed by atoms with Gasteiger partial charge >= 0.3 is 0 Å². The average molecular weight is 209 g/mol. The standard InChI is InChI=1S/C11H19N3O/c12-6-3-1-2-4-11(15)14-9-10-5-7-13-8-10/h5,7-8,13H,1-4,6,9,12H2,(H,14,15). The highest BCUT2D eigenvalue weighted by Gasteiger charge is 2.00. The average Bonchev–Trinajstić information content (AvgIpc) is 2.74. The Balaban J connectivity index is 2.04. The molecule has 0 atom stereocenters. The molecule has 0 fully saturated rings. The highest BCUT2D eigenvalue weighted by atomic mass is 16.1.